The molecule has 7 nitrogen and oxygen atoms in total. The standard InChI is InChI=1S/C14H22N6O/c1-4-20-13(15-9-16-20)7-19-5-6-21-8-12(19)14-10(2)17-18-11(14)3/h9,12H,4-8H2,1-3H3,(H,17,18). The Balaban J connectivity index is 1.85. The molecular weight excluding hydrogens is 268 g/mol. The van der Waals surface area contributed by atoms with Crippen molar-refractivity contribution in [3.63, 3.8) is 0 Å². The summed E-state index contributed by atoms with van der Waals surface area (Å²) in [4.78, 5) is 6.79. The van der Waals surface area contributed by atoms with Gasteiger partial charge < -0.3 is 4.74 Å². The van der Waals surface area contributed by atoms with E-state index in [9.17, 15) is 0 Å². The van der Waals surface area contributed by atoms with Crippen LogP contribution in [0.2, 0.25) is 0 Å². The van der Waals surface area contributed by atoms with E-state index in [1.54, 1.807) is 6.33 Å². The summed E-state index contributed by atoms with van der Waals surface area (Å²) in [5, 5.41) is 11.6. The number of aryl methyl sites for hydroxylation is 3. The molecule has 1 fully saturated rings. The van der Waals surface area contributed by atoms with Crippen LogP contribution in [0.25, 0.3) is 0 Å². The maximum atomic E-state index is 5.70. The zero-order valence-electron chi connectivity index (χ0n) is 12.8. The van der Waals surface area contributed by atoms with E-state index in [1.165, 1.54) is 5.56 Å². The number of rotatable bonds is 4. The van der Waals surface area contributed by atoms with Crippen LogP contribution in [0.15, 0.2) is 6.33 Å². The third kappa shape index (κ3) is 2.71. The molecule has 0 aliphatic carbocycles. The molecule has 1 saturated heterocycles. The zero-order chi connectivity index (χ0) is 14.8. The third-order valence-corrected chi connectivity index (χ3v) is 4.10. The minimum Gasteiger partial charge on any atom is -0.378 e. The molecule has 1 N–H and O–H groups in total. The van der Waals surface area contributed by atoms with Crippen molar-refractivity contribution in [3.05, 3.63) is 29.1 Å². The first-order chi connectivity index (χ1) is 10.2. The highest BCUT2D eigenvalue weighted by Gasteiger charge is 2.29. The van der Waals surface area contributed by atoms with Gasteiger partial charge in [-0.3, -0.25) is 10.00 Å². The number of hydrogen-bond acceptors (Lipinski definition) is 5. The minimum absolute atomic E-state index is 0.222. The minimum atomic E-state index is 0.222. The van der Waals surface area contributed by atoms with Crippen LogP contribution < -0.4 is 0 Å². The van der Waals surface area contributed by atoms with Crippen LogP contribution in [-0.4, -0.2) is 49.6 Å². The molecule has 0 spiro atoms. The summed E-state index contributed by atoms with van der Waals surface area (Å²) in [7, 11) is 0. The molecule has 3 heterocycles. The number of H-pyrrole nitrogens is 1. The largest absolute Gasteiger partial charge is 0.378 e. The SMILES string of the molecule is CCn1ncnc1CN1CCOCC1c1c(C)n[nH]c1C. The average Bonchev–Trinajstić information content (AvgIpc) is 3.07. The van der Waals surface area contributed by atoms with Crippen molar-refractivity contribution in [1.82, 2.24) is 29.9 Å². The normalized spacial score (nSPS) is 20.0. The molecule has 0 aromatic carbocycles. The predicted octanol–water partition coefficient (Wildman–Crippen LogP) is 1.21. The second-order valence-electron chi connectivity index (χ2n) is 5.40. The van der Waals surface area contributed by atoms with Crippen LogP contribution in [0.1, 0.15) is 35.7 Å². The first-order valence-corrected chi connectivity index (χ1v) is 7.40. The van der Waals surface area contributed by atoms with Crippen molar-refractivity contribution in [2.45, 2.75) is 39.9 Å². The molecule has 2 aromatic heterocycles. The van der Waals surface area contributed by atoms with Crippen molar-refractivity contribution in [2.75, 3.05) is 19.8 Å². The van der Waals surface area contributed by atoms with Gasteiger partial charge in [0.1, 0.15) is 12.2 Å². The number of aromatic nitrogens is 5. The maximum Gasteiger partial charge on any atom is 0.141 e. The summed E-state index contributed by atoms with van der Waals surface area (Å²) in [5.74, 6) is 1.00. The van der Waals surface area contributed by atoms with Gasteiger partial charge in [0.2, 0.25) is 0 Å². The van der Waals surface area contributed by atoms with Gasteiger partial charge in [0.15, 0.2) is 0 Å². The molecule has 0 radical (unpaired) electrons. The van der Waals surface area contributed by atoms with Crippen LogP contribution in [0.5, 0.6) is 0 Å². The summed E-state index contributed by atoms with van der Waals surface area (Å²) in [5.41, 5.74) is 3.41. The van der Waals surface area contributed by atoms with Gasteiger partial charge in [-0.2, -0.15) is 10.2 Å². The zero-order valence-corrected chi connectivity index (χ0v) is 12.8. The fourth-order valence-electron chi connectivity index (χ4n) is 3.00. The van der Waals surface area contributed by atoms with Gasteiger partial charge in [0.05, 0.1) is 31.5 Å². The van der Waals surface area contributed by atoms with Gasteiger partial charge in [0.25, 0.3) is 0 Å². The Morgan fingerprint density at radius 3 is 3.00 bits per heavy atom. The molecule has 3 rings (SSSR count). The predicted molar refractivity (Wildman–Crippen MR) is 77.7 cm³/mol. The molecule has 1 aliphatic heterocycles. The first-order valence-electron chi connectivity index (χ1n) is 7.40. The van der Waals surface area contributed by atoms with E-state index in [0.29, 0.717) is 6.61 Å². The molecule has 2 aromatic rings. The summed E-state index contributed by atoms with van der Waals surface area (Å²) >= 11 is 0. The van der Waals surface area contributed by atoms with Crippen LogP contribution in [-0.2, 0) is 17.8 Å². The second-order valence-corrected chi connectivity index (χ2v) is 5.40. The molecular formula is C14H22N6O. The molecule has 1 aliphatic rings. The highest BCUT2D eigenvalue weighted by Crippen LogP contribution is 2.29. The van der Waals surface area contributed by atoms with E-state index >= 15 is 0 Å². The average molecular weight is 290 g/mol. The lowest BCUT2D eigenvalue weighted by atomic mass is 10.0. The Labute approximate surface area is 124 Å². The summed E-state index contributed by atoms with van der Waals surface area (Å²) in [6.07, 6.45) is 1.63. The Bertz CT molecular complexity index is 585. The molecule has 7 heteroatoms. The Hall–Kier alpha value is -1.73. The van der Waals surface area contributed by atoms with E-state index < -0.39 is 0 Å². The molecule has 1 unspecified atom stereocenters. The van der Waals surface area contributed by atoms with E-state index in [4.69, 9.17) is 4.74 Å². The van der Waals surface area contributed by atoms with Gasteiger partial charge in [-0.25, -0.2) is 9.67 Å². The van der Waals surface area contributed by atoms with Crippen molar-refractivity contribution in [2.24, 2.45) is 0 Å². The monoisotopic (exact) mass is 290 g/mol. The number of morpholine rings is 1. The van der Waals surface area contributed by atoms with Gasteiger partial charge in [-0.05, 0) is 20.8 Å². The summed E-state index contributed by atoms with van der Waals surface area (Å²) < 4.78 is 7.64. The van der Waals surface area contributed by atoms with E-state index in [1.807, 2.05) is 11.6 Å². The number of aromatic amines is 1. The fraction of sp³-hybridized carbons (Fsp3) is 0.643. The number of ether oxygens (including phenoxy) is 1. The molecule has 0 bridgehead atoms. The molecule has 0 amide bonds. The highest BCUT2D eigenvalue weighted by molar-refractivity contribution is 5.27. The number of nitrogens with one attached hydrogen (secondary N) is 1. The van der Waals surface area contributed by atoms with Crippen molar-refractivity contribution >= 4 is 0 Å². The number of hydrogen-bond donors (Lipinski definition) is 1. The topological polar surface area (TPSA) is 71.9 Å². The first kappa shape index (κ1) is 14.2. The number of nitrogens with zero attached hydrogens (tertiary/aromatic N) is 5. The second kappa shape index (κ2) is 5.95. The van der Waals surface area contributed by atoms with Gasteiger partial charge >= 0.3 is 0 Å². The lowest BCUT2D eigenvalue weighted by molar-refractivity contribution is -0.0148. The summed E-state index contributed by atoms with van der Waals surface area (Å²) in [6, 6.07) is 0.222. The summed E-state index contributed by atoms with van der Waals surface area (Å²) in [6.45, 7) is 10.2. The van der Waals surface area contributed by atoms with Crippen LogP contribution in [0.4, 0.5) is 0 Å². The Morgan fingerprint density at radius 2 is 2.29 bits per heavy atom. The van der Waals surface area contributed by atoms with Gasteiger partial charge in [-0.15, -0.1) is 0 Å². The molecule has 114 valence electrons. The Morgan fingerprint density at radius 1 is 1.43 bits per heavy atom. The van der Waals surface area contributed by atoms with Gasteiger partial charge in [-0.1, -0.05) is 0 Å². The molecule has 21 heavy (non-hydrogen) atoms. The molecule has 1 atom stereocenters. The van der Waals surface area contributed by atoms with Crippen LogP contribution >= 0.6 is 0 Å². The highest BCUT2D eigenvalue weighted by atomic mass is 16.5. The Kier molecular flexibility index (Phi) is 4.03. The van der Waals surface area contributed by atoms with Crippen LogP contribution in [0.3, 0.4) is 0 Å². The fourth-order valence-corrected chi connectivity index (χ4v) is 3.00. The van der Waals surface area contributed by atoms with E-state index in [0.717, 1.165) is 43.5 Å². The van der Waals surface area contributed by atoms with E-state index in [-0.39, 0.29) is 6.04 Å². The van der Waals surface area contributed by atoms with Crippen LogP contribution in [0, 0.1) is 13.8 Å². The quantitative estimate of drug-likeness (QED) is 0.916. The van der Waals surface area contributed by atoms with Crippen molar-refractivity contribution in [3.8, 4) is 0 Å². The third-order valence-electron chi connectivity index (χ3n) is 4.10. The lowest BCUT2D eigenvalue weighted by Crippen LogP contribution is -2.40. The smallest absolute Gasteiger partial charge is 0.141 e. The van der Waals surface area contributed by atoms with Crippen molar-refractivity contribution < 1.29 is 4.74 Å². The van der Waals surface area contributed by atoms with E-state index in [2.05, 4.69) is 39.0 Å². The van der Waals surface area contributed by atoms with Gasteiger partial charge in [0, 0.05) is 24.3 Å². The van der Waals surface area contributed by atoms with Crippen molar-refractivity contribution in [1.29, 1.82) is 0 Å². The lowest BCUT2D eigenvalue weighted by Gasteiger charge is -2.35. The molecule has 0 saturated carbocycles. The maximum absolute atomic E-state index is 5.70.